The predicted octanol–water partition coefficient (Wildman–Crippen LogP) is 4.64. The molecule has 120 valence electrons. The molecule has 0 radical (unpaired) electrons. The lowest BCUT2D eigenvalue weighted by atomic mass is 10.0. The third kappa shape index (κ3) is 10.7. The van der Waals surface area contributed by atoms with E-state index in [0.29, 0.717) is 0 Å². The minimum atomic E-state index is 0.742. The van der Waals surface area contributed by atoms with Crippen LogP contribution in [0.15, 0.2) is 0 Å². The molecule has 2 N–H and O–H groups in total. The second-order valence-electron chi connectivity index (χ2n) is 6.53. The van der Waals surface area contributed by atoms with Crippen LogP contribution in [0.2, 0.25) is 0 Å². The highest BCUT2D eigenvalue weighted by Gasteiger charge is 2.10. The van der Waals surface area contributed by atoms with Gasteiger partial charge in [-0.1, -0.05) is 84.0 Å². The molecule has 0 aliphatic carbocycles. The monoisotopic (exact) mass is 282 g/mol. The summed E-state index contributed by atoms with van der Waals surface area (Å²) in [7, 11) is 0. The van der Waals surface area contributed by atoms with E-state index in [1.165, 1.54) is 90.0 Å². The molecule has 1 rings (SSSR count). The van der Waals surface area contributed by atoms with Gasteiger partial charge in [0.1, 0.15) is 0 Å². The lowest BCUT2D eigenvalue weighted by molar-refractivity contribution is 0.386. The van der Waals surface area contributed by atoms with E-state index in [4.69, 9.17) is 0 Å². The van der Waals surface area contributed by atoms with Gasteiger partial charge in [-0.2, -0.15) is 0 Å². The molecule has 0 saturated carbocycles. The molecule has 20 heavy (non-hydrogen) atoms. The number of rotatable bonds is 13. The molecule has 1 aliphatic heterocycles. The fourth-order valence-corrected chi connectivity index (χ4v) is 3.15. The average Bonchev–Trinajstić information content (AvgIpc) is 2.49. The van der Waals surface area contributed by atoms with Gasteiger partial charge in [-0.05, 0) is 6.42 Å². The lowest BCUT2D eigenvalue weighted by Crippen LogP contribution is -2.48. The second-order valence-corrected chi connectivity index (χ2v) is 6.53. The Morgan fingerprint density at radius 2 is 1.25 bits per heavy atom. The molecule has 1 atom stereocenters. The third-order valence-electron chi connectivity index (χ3n) is 4.53. The molecule has 0 spiro atoms. The molecule has 0 aromatic carbocycles. The van der Waals surface area contributed by atoms with Crippen LogP contribution in [0.3, 0.4) is 0 Å². The number of unbranched alkanes of at least 4 members (excludes halogenated alkanes) is 11. The van der Waals surface area contributed by atoms with Crippen molar-refractivity contribution in [2.75, 3.05) is 19.6 Å². The van der Waals surface area contributed by atoms with Crippen LogP contribution in [0.1, 0.15) is 90.4 Å². The van der Waals surface area contributed by atoms with Crippen molar-refractivity contribution in [3.8, 4) is 0 Å². The quantitative estimate of drug-likeness (QED) is 0.481. The lowest BCUT2D eigenvalue weighted by Gasteiger charge is -2.24. The first kappa shape index (κ1) is 18.0. The van der Waals surface area contributed by atoms with Gasteiger partial charge in [0.15, 0.2) is 0 Å². The highest BCUT2D eigenvalue weighted by molar-refractivity contribution is 4.74. The Morgan fingerprint density at radius 3 is 1.75 bits per heavy atom. The molecular formula is C18H38N2. The van der Waals surface area contributed by atoms with Crippen molar-refractivity contribution in [2.24, 2.45) is 0 Å². The van der Waals surface area contributed by atoms with Crippen molar-refractivity contribution in [3.05, 3.63) is 0 Å². The van der Waals surface area contributed by atoms with Gasteiger partial charge in [0, 0.05) is 25.7 Å². The molecule has 1 aliphatic rings. The van der Waals surface area contributed by atoms with Crippen LogP contribution in [-0.4, -0.2) is 25.7 Å². The van der Waals surface area contributed by atoms with Crippen molar-refractivity contribution in [1.29, 1.82) is 0 Å². The molecule has 0 aromatic rings. The van der Waals surface area contributed by atoms with Gasteiger partial charge in [0.05, 0.1) is 0 Å². The van der Waals surface area contributed by atoms with Gasteiger partial charge in [0.25, 0.3) is 0 Å². The van der Waals surface area contributed by atoms with E-state index in [0.717, 1.165) is 19.1 Å². The van der Waals surface area contributed by atoms with Crippen molar-refractivity contribution in [2.45, 2.75) is 96.4 Å². The summed E-state index contributed by atoms with van der Waals surface area (Å²) >= 11 is 0. The molecule has 2 heteroatoms. The van der Waals surface area contributed by atoms with Crippen molar-refractivity contribution in [1.82, 2.24) is 10.6 Å². The van der Waals surface area contributed by atoms with Crippen molar-refractivity contribution >= 4 is 0 Å². The van der Waals surface area contributed by atoms with Crippen molar-refractivity contribution < 1.29 is 0 Å². The number of piperazine rings is 1. The average molecular weight is 283 g/mol. The molecule has 0 bridgehead atoms. The summed E-state index contributed by atoms with van der Waals surface area (Å²) in [5.41, 5.74) is 0. The maximum Gasteiger partial charge on any atom is 0.0193 e. The topological polar surface area (TPSA) is 24.1 Å². The van der Waals surface area contributed by atoms with Crippen LogP contribution in [0, 0.1) is 0 Å². The zero-order valence-electron chi connectivity index (χ0n) is 13.9. The summed E-state index contributed by atoms with van der Waals surface area (Å²) in [4.78, 5) is 0. The van der Waals surface area contributed by atoms with Gasteiger partial charge in [0.2, 0.25) is 0 Å². The first-order valence-corrected chi connectivity index (χ1v) is 9.37. The number of nitrogens with one attached hydrogen (secondary N) is 2. The van der Waals surface area contributed by atoms with Gasteiger partial charge < -0.3 is 10.6 Å². The summed E-state index contributed by atoms with van der Waals surface area (Å²) < 4.78 is 0. The smallest absolute Gasteiger partial charge is 0.0193 e. The molecule has 0 amide bonds. The zero-order valence-corrected chi connectivity index (χ0v) is 13.9. The maximum absolute atomic E-state index is 3.60. The van der Waals surface area contributed by atoms with E-state index in [9.17, 15) is 0 Å². The Morgan fingerprint density at radius 1 is 0.700 bits per heavy atom. The molecule has 0 aromatic heterocycles. The summed E-state index contributed by atoms with van der Waals surface area (Å²) in [6.45, 7) is 5.77. The zero-order chi connectivity index (χ0) is 14.3. The van der Waals surface area contributed by atoms with E-state index in [-0.39, 0.29) is 0 Å². The van der Waals surface area contributed by atoms with E-state index in [1.807, 2.05) is 0 Å². The highest BCUT2D eigenvalue weighted by Crippen LogP contribution is 2.13. The van der Waals surface area contributed by atoms with Gasteiger partial charge in [-0.3, -0.25) is 0 Å². The normalized spacial score (nSPS) is 19.4. The predicted molar refractivity (Wildman–Crippen MR) is 90.4 cm³/mol. The summed E-state index contributed by atoms with van der Waals surface area (Å²) in [5.74, 6) is 0. The molecule has 1 unspecified atom stereocenters. The highest BCUT2D eigenvalue weighted by atomic mass is 15.0. The summed E-state index contributed by atoms with van der Waals surface area (Å²) in [5, 5.41) is 7.06. The molecule has 2 nitrogen and oxygen atoms in total. The Kier molecular flexibility index (Phi) is 12.5. The van der Waals surface area contributed by atoms with Crippen LogP contribution in [0.25, 0.3) is 0 Å². The molecular weight excluding hydrogens is 244 g/mol. The van der Waals surface area contributed by atoms with Crippen LogP contribution >= 0.6 is 0 Å². The van der Waals surface area contributed by atoms with Crippen LogP contribution in [-0.2, 0) is 0 Å². The third-order valence-corrected chi connectivity index (χ3v) is 4.53. The first-order valence-electron chi connectivity index (χ1n) is 9.37. The Labute approximate surface area is 127 Å². The van der Waals surface area contributed by atoms with Gasteiger partial charge >= 0.3 is 0 Å². The minimum absolute atomic E-state index is 0.742. The maximum atomic E-state index is 3.60. The largest absolute Gasteiger partial charge is 0.314 e. The summed E-state index contributed by atoms with van der Waals surface area (Å²) in [6, 6.07) is 0.742. The Balaban J connectivity index is 1.70. The fourth-order valence-electron chi connectivity index (χ4n) is 3.15. The first-order chi connectivity index (χ1) is 9.93. The Bertz CT molecular complexity index is 188. The van der Waals surface area contributed by atoms with E-state index < -0.39 is 0 Å². The van der Waals surface area contributed by atoms with Crippen LogP contribution in [0.4, 0.5) is 0 Å². The number of hydrogen-bond acceptors (Lipinski definition) is 2. The molecule has 1 fully saturated rings. The van der Waals surface area contributed by atoms with Gasteiger partial charge in [-0.15, -0.1) is 0 Å². The van der Waals surface area contributed by atoms with Gasteiger partial charge in [-0.25, -0.2) is 0 Å². The van der Waals surface area contributed by atoms with Crippen LogP contribution < -0.4 is 10.6 Å². The molecule has 1 saturated heterocycles. The minimum Gasteiger partial charge on any atom is -0.314 e. The fraction of sp³-hybridized carbons (Fsp3) is 1.00. The van der Waals surface area contributed by atoms with E-state index >= 15 is 0 Å². The SMILES string of the molecule is CCCCCCCCCCCCCCC1CNCCN1. The standard InChI is InChI=1S/C18H38N2/c1-2-3-4-5-6-7-8-9-10-11-12-13-14-18-17-19-15-16-20-18/h18-20H,2-17H2,1H3. The Hall–Kier alpha value is -0.0800. The number of hydrogen-bond donors (Lipinski definition) is 2. The second kappa shape index (κ2) is 13.9. The van der Waals surface area contributed by atoms with E-state index in [2.05, 4.69) is 17.6 Å². The summed E-state index contributed by atoms with van der Waals surface area (Å²) in [6.07, 6.45) is 18.8. The van der Waals surface area contributed by atoms with Crippen LogP contribution in [0.5, 0.6) is 0 Å². The van der Waals surface area contributed by atoms with E-state index in [1.54, 1.807) is 0 Å². The molecule has 1 heterocycles. The van der Waals surface area contributed by atoms with Crippen molar-refractivity contribution in [3.63, 3.8) is 0 Å².